The van der Waals surface area contributed by atoms with Crippen molar-refractivity contribution in [3.8, 4) is 0 Å². The minimum atomic E-state index is -0.604. The summed E-state index contributed by atoms with van der Waals surface area (Å²) < 4.78 is 17.4. The molecule has 1 rings (SSSR count). The number of ether oxygens (including phenoxy) is 1. The maximum Gasteiger partial charge on any atom is 0.314 e. The summed E-state index contributed by atoms with van der Waals surface area (Å²) in [6, 6.07) is 4.05. The van der Waals surface area contributed by atoms with E-state index in [1.54, 1.807) is 0 Å². The highest BCUT2D eigenvalue weighted by Gasteiger charge is 2.20. The molecular weight excluding hydrogens is 221 g/mol. The van der Waals surface area contributed by atoms with Crippen LogP contribution in [0.5, 0.6) is 0 Å². The molecule has 1 aromatic rings. The van der Waals surface area contributed by atoms with Crippen LogP contribution >= 0.6 is 11.6 Å². The zero-order chi connectivity index (χ0) is 11.4. The number of benzene rings is 1. The molecule has 0 saturated heterocycles. The van der Waals surface area contributed by atoms with Gasteiger partial charge >= 0.3 is 5.97 Å². The van der Waals surface area contributed by atoms with E-state index in [0.717, 1.165) is 0 Å². The number of halogens is 2. The zero-order valence-electron chi connectivity index (χ0n) is 8.17. The topological polar surface area (TPSA) is 52.3 Å². The minimum Gasteiger partial charge on any atom is -0.469 e. The van der Waals surface area contributed by atoms with E-state index in [1.807, 2.05) is 0 Å². The van der Waals surface area contributed by atoms with Gasteiger partial charge in [-0.25, -0.2) is 4.39 Å². The van der Waals surface area contributed by atoms with Crippen LogP contribution in [0.15, 0.2) is 18.2 Å². The Morgan fingerprint density at radius 3 is 2.80 bits per heavy atom. The highest BCUT2D eigenvalue weighted by atomic mass is 35.5. The zero-order valence-corrected chi connectivity index (χ0v) is 8.92. The minimum absolute atomic E-state index is 0.0325. The number of nitrogens with two attached hydrogens (primary N) is 1. The van der Waals surface area contributed by atoms with Crippen LogP contribution < -0.4 is 5.73 Å². The monoisotopic (exact) mass is 231 g/mol. The van der Waals surface area contributed by atoms with Gasteiger partial charge in [0.1, 0.15) is 5.82 Å². The molecule has 0 aliphatic rings. The van der Waals surface area contributed by atoms with Crippen LogP contribution in [0, 0.1) is 5.82 Å². The van der Waals surface area contributed by atoms with Gasteiger partial charge in [-0.15, -0.1) is 0 Å². The van der Waals surface area contributed by atoms with E-state index in [2.05, 4.69) is 4.74 Å². The molecule has 0 amide bonds. The normalized spacial score (nSPS) is 12.3. The first-order chi connectivity index (χ1) is 7.10. The molecule has 0 saturated carbocycles. The van der Waals surface area contributed by atoms with Crippen molar-refractivity contribution in [3.63, 3.8) is 0 Å². The highest BCUT2D eigenvalue weighted by Crippen LogP contribution is 2.22. The van der Waals surface area contributed by atoms with Crippen LogP contribution in [0.3, 0.4) is 0 Å². The third-order valence-electron chi connectivity index (χ3n) is 2.07. The number of methoxy groups -OCH3 is 1. The molecule has 0 fully saturated rings. The van der Waals surface area contributed by atoms with Gasteiger partial charge in [0.05, 0.1) is 18.1 Å². The third kappa shape index (κ3) is 2.67. The van der Waals surface area contributed by atoms with Crippen molar-refractivity contribution in [2.24, 2.45) is 5.73 Å². The van der Waals surface area contributed by atoms with E-state index in [0.29, 0.717) is 5.56 Å². The van der Waals surface area contributed by atoms with Gasteiger partial charge in [0.15, 0.2) is 0 Å². The summed E-state index contributed by atoms with van der Waals surface area (Å²) in [5.74, 6) is -1.59. The Labute approximate surface area is 92.0 Å². The summed E-state index contributed by atoms with van der Waals surface area (Å²) in [4.78, 5) is 11.3. The first-order valence-electron chi connectivity index (χ1n) is 4.33. The first-order valence-corrected chi connectivity index (χ1v) is 4.70. The molecule has 3 nitrogen and oxygen atoms in total. The molecule has 82 valence electrons. The second-order valence-corrected chi connectivity index (χ2v) is 3.39. The van der Waals surface area contributed by atoms with Crippen LogP contribution in [-0.4, -0.2) is 19.6 Å². The van der Waals surface area contributed by atoms with Crippen molar-refractivity contribution in [2.75, 3.05) is 13.7 Å². The largest absolute Gasteiger partial charge is 0.469 e. The van der Waals surface area contributed by atoms with Crippen LogP contribution in [0.1, 0.15) is 11.5 Å². The van der Waals surface area contributed by atoms with Gasteiger partial charge in [0, 0.05) is 6.54 Å². The summed E-state index contributed by atoms with van der Waals surface area (Å²) in [5, 5.41) is -0.0325. The second-order valence-electron chi connectivity index (χ2n) is 2.98. The van der Waals surface area contributed by atoms with Crippen molar-refractivity contribution in [1.82, 2.24) is 0 Å². The van der Waals surface area contributed by atoms with E-state index in [9.17, 15) is 9.18 Å². The molecule has 2 N–H and O–H groups in total. The lowest BCUT2D eigenvalue weighted by Gasteiger charge is -2.12. The molecule has 1 atom stereocenters. The van der Waals surface area contributed by atoms with E-state index >= 15 is 0 Å². The van der Waals surface area contributed by atoms with Crippen molar-refractivity contribution in [3.05, 3.63) is 34.6 Å². The van der Waals surface area contributed by atoms with Gasteiger partial charge in [0.2, 0.25) is 0 Å². The quantitative estimate of drug-likeness (QED) is 0.806. The van der Waals surface area contributed by atoms with E-state index in [1.165, 1.54) is 25.3 Å². The average Bonchev–Trinajstić information content (AvgIpc) is 2.24. The summed E-state index contributed by atoms with van der Waals surface area (Å²) >= 11 is 5.59. The van der Waals surface area contributed by atoms with Crippen molar-refractivity contribution < 1.29 is 13.9 Å². The summed E-state index contributed by atoms with van der Waals surface area (Å²) in [7, 11) is 1.27. The lowest BCUT2D eigenvalue weighted by molar-refractivity contribution is -0.142. The van der Waals surface area contributed by atoms with Crippen molar-refractivity contribution in [2.45, 2.75) is 5.92 Å². The first kappa shape index (κ1) is 11.9. The highest BCUT2D eigenvalue weighted by molar-refractivity contribution is 6.30. The predicted molar refractivity (Wildman–Crippen MR) is 55.2 cm³/mol. The number of esters is 1. The molecule has 5 heteroatoms. The molecule has 0 aliphatic carbocycles. The Morgan fingerprint density at radius 1 is 1.67 bits per heavy atom. The fourth-order valence-corrected chi connectivity index (χ4v) is 1.43. The Kier molecular flexibility index (Phi) is 4.05. The fraction of sp³-hybridized carbons (Fsp3) is 0.300. The number of carbonyl (C=O) groups is 1. The molecule has 0 aliphatic heterocycles. The molecule has 1 unspecified atom stereocenters. The van der Waals surface area contributed by atoms with Crippen molar-refractivity contribution >= 4 is 17.6 Å². The van der Waals surface area contributed by atoms with Crippen molar-refractivity contribution in [1.29, 1.82) is 0 Å². The number of hydrogen-bond donors (Lipinski definition) is 1. The van der Waals surface area contributed by atoms with Gasteiger partial charge in [-0.05, 0) is 17.7 Å². The summed E-state index contributed by atoms with van der Waals surface area (Å²) in [5.41, 5.74) is 5.98. The Bertz CT molecular complexity index is 370. The van der Waals surface area contributed by atoms with Crippen LogP contribution in [0.4, 0.5) is 4.39 Å². The molecule has 15 heavy (non-hydrogen) atoms. The molecular formula is C10H11ClFNO2. The number of carbonyl (C=O) groups excluding carboxylic acids is 1. The average molecular weight is 232 g/mol. The van der Waals surface area contributed by atoms with E-state index in [4.69, 9.17) is 17.3 Å². The van der Waals surface area contributed by atoms with Crippen LogP contribution in [-0.2, 0) is 9.53 Å². The van der Waals surface area contributed by atoms with E-state index < -0.39 is 17.7 Å². The molecule has 0 aromatic heterocycles. The Balaban J connectivity index is 3.02. The smallest absolute Gasteiger partial charge is 0.314 e. The van der Waals surface area contributed by atoms with E-state index in [-0.39, 0.29) is 11.6 Å². The van der Waals surface area contributed by atoms with Gasteiger partial charge < -0.3 is 10.5 Å². The predicted octanol–water partition coefficient (Wildman–Crippen LogP) is 1.69. The maximum absolute atomic E-state index is 12.9. The van der Waals surface area contributed by atoms with Gasteiger partial charge in [-0.1, -0.05) is 17.7 Å². The Hall–Kier alpha value is -1.13. The molecule has 0 heterocycles. The van der Waals surface area contributed by atoms with Crippen LogP contribution in [0.2, 0.25) is 5.02 Å². The number of rotatable bonds is 3. The van der Waals surface area contributed by atoms with Crippen LogP contribution in [0.25, 0.3) is 0 Å². The lowest BCUT2D eigenvalue weighted by Crippen LogP contribution is -2.22. The fourth-order valence-electron chi connectivity index (χ4n) is 1.24. The molecule has 1 aromatic carbocycles. The molecule has 0 bridgehead atoms. The number of hydrogen-bond acceptors (Lipinski definition) is 3. The molecule has 0 radical (unpaired) electrons. The maximum atomic E-state index is 12.9. The van der Waals surface area contributed by atoms with Gasteiger partial charge in [0.25, 0.3) is 0 Å². The van der Waals surface area contributed by atoms with Gasteiger partial charge in [-0.3, -0.25) is 4.79 Å². The molecule has 0 spiro atoms. The Morgan fingerprint density at radius 2 is 2.33 bits per heavy atom. The summed E-state index contributed by atoms with van der Waals surface area (Å²) in [6.07, 6.45) is 0. The lowest BCUT2D eigenvalue weighted by atomic mass is 9.99. The summed E-state index contributed by atoms with van der Waals surface area (Å²) in [6.45, 7) is 0.0919. The van der Waals surface area contributed by atoms with Gasteiger partial charge in [-0.2, -0.15) is 0 Å². The SMILES string of the molecule is COC(=O)C(CN)c1ccc(F)c(Cl)c1. The standard InChI is InChI=1S/C10H11ClFNO2/c1-15-10(14)7(5-13)6-2-3-9(12)8(11)4-6/h2-4,7H,5,13H2,1H3. The second kappa shape index (κ2) is 5.09. The third-order valence-corrected chi connectivity index (χ3v) is 2.36.